The topological polar surface area (TPSA) is 106 Å². The van der Waals surface area contributed by atoms with Crippen LogP contribution in [0.1, 0.15) is 32.3 Å². The van der Waals surface area contributed by atoms with Crippen molar-refractivity contribution in [3.05, 3.63) is 29.8 Å². The van der Waals surface area contributed by atoms with Crippen LogP contribution in [0.5, 0.6) is 0 Å². The summed E-state index contributed by atoms with van der Waals surface area (Å²) in [7, 11) is -6.80. The highest BCUT2D eigenvalue weighted by Gasteiger charge is 2.24. The third-order valence-electron chi connectivity index (χ3n) is 3.69. The Kier molecular flexibility index (Phi) is 8.19. The summed E-state index contributed by atoms with van der Waals surface area (Å²) in [6, 6.07) is 5.81. The van der Waals surface area contributed by atoms with Crippen molar-refractivity contribution in [3.63, 3.8) is 0 Å². The number of sulfonamides is 1. The molecule has 3 N–H and O–H groups in total. The number of nitrogens with two attached hydrogens (primary N) is 1. The molecule has 0 unspecified atom stereocenters. The number of halogens is 1. The highest BCUT2D eigenvalue weighted by molar-refractivity contribution is 7.90. The van der Waals surface area contributed by atoms with E-state index in [4.69, 9.17) is 5.73 Å². The zero-order valence-corrected chi connectivity index (χ0v) is 16.0. The van der Waals surface area contributed by atoms with Crippen LogP contribution in [0.25, 0.3) is 0 Å². The Bertz CT molecular complexity index is 697. The van der Waals surface area contributed by atoms with Crippen LogP contribution in [0, 0.1) is 0 Å². The predicted octanol–water partition coefficient (Wildman–Crippen LogP) is 1.45. The molecule has 9 heteroatoms. The molecule has 0 amide bonds. The SMILES string of the molecule is CCC(N)(CC)CNS(=O)(=O)c1ccc(CS(C)(=O)=O)cc1.Cl. The van der Waals surface area contributed by atoms with Gasteiger partial charge in [0.25, 0.3) is 0 Å². The second kappa shape index (κ2) is 8.43. The fourth-order valence-electron chi connectivity index (χ4n) is 1.89. The summed E-state index contributed by atoms with van der Waals surface area (Å²) in [5, 5.41) is 0. The van der Waals surface area contributed by atoms with Gasteiger partial charge in [-0.05, 0) is 30.5 Å². The van der Waals surface area contributed by atoms with Gasteiger partial charge in [0.05, 0.1) is 10.6 Å². The maximum Gasteiger partial charge on any atom is 0.240 e. The second-order valence-corrected chi connectivity index (χ2v) is 9.52. The van der Waals surface area contributed by atoms with Gasteiger partial charge in [0.1, 0.15) is 0 Å². The van der Waals surface area contributed by atoms with Crippen molar-refractivity contribution < 1.29 is 16.8 Å². The molecule has 23 heavy (non-hydrogen) atoms. The van der Waals surface area contributed by atoms with Gasteiger partial charge in [-0.2, -0.15) is 0 Å². The molecule has 0 saturated heterocycles. The van der Waals surface area contributed by atoms with E-state index in [-0.39, 0.29) is 29.6 Å². The third kappa shape index (κ3) is 7.17. The first-order chi connectivity index (χ1) is 10.0. The van der Waals surface area contributed by atoms with Crippen molar-refractivity contribution in [1.29, 1.82) is 0 Å². The van der Waals surface area contributed by atoms with Crippen LogP contribution >= 0.6 is 12.4 Å². The third-order valence-corrected chi connectivity index (χ3v) is 5.96. The quantitative estimate of drug-likeness (QED) is 0.705. The van der Waals surface area contributed by atoms with Crippen molar-refractivity contribution >= 4 is 32.3 Å². The lowest BCUT2D eigenvalue weighted by Gasteiger charge is -2.26. The van der Waals surface area contributed by atoms with E-state index < -0.39 is 25.4 Å². The van der Waals surface area contributed by atoms with Crippen LogP contribution in [0.4, 0.5) is 0 Å². The van der Waals surface area contributed by atoms with Gasteiger partial charge in [-0.3, -0.25) is 0 Å². The molecule has 0 heterocycles. The molecule has 0 fully saturated rings. The molecule has 0 radical (unpaired) electrons. The minimum atomic E-state index is -3.65. The Morgan fingerprint density at radius 2 is 1.52 bits per heavy atom. The molecule has 0 bridgehead atoms. The molecular weight excluding hydrogens is 360 g/mol. The van der Waals surface area contributed by atoms with Crippen LogP contribution in [0.2, 0.25) is 0 Å². The van der Waals surface area contributed by atoms with Crippen molar-refractivity contribution in [3.8, 4) is 0 Å². The Labute approximate surface area is 145 Å². The highest BCUT2D eigenvalue weighted by atomic mass is 35.5. The standard InChI is InChI=1S/C14H24N2O4S2.ClH/c1-4-14(15,5-2)11-16-22(19,20)13-8-6-12(7-9-13)10-21(3,17)18;/h6-9,16H,4-5,10-11,15H2,1-3H3;1H. The molecule has 0 atom stereocenters. The first-order valence-electron chi connectivity index (χ1n) is 7.06. The van der Waals surface area contributed by atoms with E-state index in [9.17, 15) is 16.8 Å². The summed E-state index contributed by atoms with van der Waals surface area (Å²) in [4.78, 5) is 0.0966. The van der Waals surface area contributed by atoms with Gasteiger partial charge in [-0.1, -0.05) is 26.0 Å². The molecular formula is C14H25ClN2O4S2. The predicted molar refractivity (Wildman–Crippen MR) is 94.9 cm³/mol. The summed E-state index contributed by atoms with van der Waals surface area (Å²) in [6.45, 7) is 3.99. The van der Waals surface area contributed by atoms with E-state index in [1.807, 2.05) is 13.8 Å². The Morgan fingerprint density at radius 1 is 1.04 bits per heavy atom. The largest absolute Gasteiger partial charge is 0.324 e. The minimum absolute atomic E-state index is 0. The van der Waals surface area contributed by atoms with Gasteiger partial charge in [0.15, 0.2) is 9.84 Å². The zero-order valence-electron chi connectivity index (χ0n) is 13.6. The lowest BCUT2D eigenvalue weighted by atomic mass is 9.95. The second-order valence-electron chi connectivity index (χ2n) is 5.61. The first-order valence-corrected chi connectivity index (χ1v) is 10.6. The summed E-state index contributed by atoms with van der Waals surface area (Å²) >= 11 is 0. The van der Waals surface area contributed by atoms with Crippen molar-refractivity contribution in [2.24, 2.45) is 5.73 Å². The molecule has 1 aromatic rings. The lowest BCUT2D eigenvalue weighted by molar-refractivity contribution is 0.392. The summed E-state index contributed by atoms with van der Waals surface area (Å²) < 4.78 is 49.4. The van der Waals surface area contributed by atoms with E-state index in [0.717, 1.165) is 6.26 Å². The van der Waals surface area contributed by atoms with Crippen LogP contribution < -0.4 is 10.5 Å². The summed E-state index contributed by atoms with van der Waals surface area (Å²) in [5.41, 5.74) is 6.07. The molecule has 0 aliphatic heterocycles. The molecule has 0 spiro atoms. The summed E-state index contributed by atoms with van der Waals surface area (Å²) in [6.07, 6.45) is 2.47. The van der Waals surface area contributed by atoms with Gasteiger partial charge in [-0.15, -0.1) is 12.4 Å². The summed E-state index contributed by atoms with van der Waals surface area (Å²) in [5.74, 6) is -0.113. The molecule has 1 aromatic carbocycles. The molecule has 0 aliphatic carbocycles. The monoisotopic (exact) mass is 384 g/mol. The fourth-order valence-corrected chi connectivity index (χ4v) is 3.83. The van der Waals surface area contributed by atoms with Crippen LogP contribution in [-0.2, 0) is 25.6 Å². The van der Waals surface area contributed by atoms with Gasteiger partial charge in [0.2, 0.25) is 10.0 Å². The Balaban J connectivity index is 0.00000484. The lowest BCUT2D eigenvalue weighted by Crippen LogP contribution is -2.49. The minimum Gasteiger partial charge on any atom is -0.324 e. The molecule has 0 aromatic heterocycles. The molecule has 0 saturated carbocycles. The Morgan fingerprint density at radius 3 is 1.91 bits per heavy atom. The van der Waals surface area contributed by atoms with Gasteiger partial charge < -0.3 is 5.73 Å². The van der Waals surface area contributed by atoms with Crippen LogP contribution in [0.15, 0.2) is 29.2 Å². The maximum absolute atomic E-state index is 12.2. The normalized spacial score (nSPS) is 12.7. The van der Waals surface area contributed by atoms with E-state index in [2.05, 4.69) is 4.72 Å². The molecule has 1 rings (SSSR count). The number of hydrogen-bond donors (Lipinski definition) is 2. The van der Waals surface area contributed by atoms with Gasteiger partial charge >= 0.3 is 0 Å². The Hall–Kier alpha value is -0.670. The fraction of sp³-hybridized carbons (Fsp3) is 0.571. The van der Waals surface area contributed by atoms with E-state index in [0.29, 0.717) is 18.4 Å². The number of rotatable bonds is 8. The number of benzene rings is 1. The zero-order chi connectivity index (χ0) is 17.0. The van der Waals surface area contributed by atoms with E-state index in [1.54, 1.807) is 0 Å². The number of hydrogen-bond acceptors (Lipinski definition) is 5. The molecule has 6 nitrogen and oxygen atoms in total. The van der Waals surface area contributed by atoms with Gasteiger partial charge in [0, 0.05) is 18.3 Å². The highest BCUT2D eigenvalue weighted by Crippen LogP contribution is 2.15. The van der Waals surface area contributed by atoms with Crippen molar-refractivity contribution in [1.82, 2.24) is 4.72 Å². The average Bonchev–Trinajstić information content (AvgIpc) is 2.44. The molecule has 134 valence electrons. The van der Waals surface area contributed by atoms with E-state index in [1.165, 1.54) is 24.3 Å². The van der Waals surface area contributed by atoms with E-state index >= 15 is 0 Å². The van der Waals surface area contributed by atoms with Gasteiger partial charge in [-0.25, -0.2) is 21.6 Å². The first kappa shape index (κ1) is 22.3. The maximum atomic E-state index is 12.2. The van der Waals surface area contributed by atoms with Crippen molar-refractivity contribution in [2.45, 2.75) is 42.9 Å². The average molecular weight is 385 g/mol. The smallest absolute Gasteiger partial charge is 0.240 e. The van der Waals surface area contributed by atoms with Crippen LogP contribution in [-0.4, -0.2) is 35.2 Å². The number of sulfone groups is 1. The molecule has 0 aliphatic rings. The van der Waals surface area contributed by atoms with Crippen LogP contribution in [0.3, 0.4) is 0 Å². The number of nitrogens with one attached hydrogen (secondary N) is 1. The van der Waals surface area contributed by atoms with Crippen molar-refractivity contribution in [2.75, 3.05) is 12.8 Å².